The first kappa shape index (κ1) is 15.7. The van der Waals surface area contributed by atoms with Crippen molar-refractivity contribution in [1.29, 1.82) is 0 Å². The highest BCUT2D eigenvalue weighted by Gasteiger charge is 2.47. The van der Waals surface area contributed by atoms with Crippen LogP contribution >= 0.6 is 0 Å². The van der Waals surface area contributed by atoms with E-state index in [0.717, 1.165) is 13.1 Å². The molecule has 3 heteroatoms. The minimum absolute atomic E-state index is 0.348. The lowest BCUT2D eigenvalue weighted by Gasteiger charge is -2.29. The molecule has 1 aliphatic heterocycles. The molecule has 126 valence electrons. The molecule has 1 aliphatic carbocycles. The quantitative estimate of drug-likeness (QED) is 0.917. The van der Waals surface area contributed by atoms with Gasteiger partial charge in [-0.05, 0) is 41.7 Å². The van der Waals surface area contributed by atoms with Crippen LogP contribution in [0.2, 0.25) is 0 Å². The van der Waals surface area contributed by atoms with Gasteiger partial charge in [-0.2, -0.15) is 0 Å². The molecule has 1 atom stereocenters. The Morgan fingerprint density at radius 3 is 2.50 bits per heavy atom. The fraction of sp³-hybridized carbons (Fsp3) is 0.429. The molecular formula is C21H27N3. The average Bonchev–Trinajstić information content (AvgIpc) is 3.29. The molecule has 2 aromatic rings. The standard InChI is InChI=1S/C21H27N3/c1-23(2)18-9-8-16-14-24(20(13-22)19(16)12-18)15-21(10-11-21)17-6-4-3-5-7-17/h3-9,12,20H,10-11,13-15,22H2,1-2H3. The predicted octanol–water partition coefficient (Wildman–Crippen LogP) is 3.30. The van der Waals surface area contributed by atoms with Gasteiger partial charge in [0.15, 0.2) is 0 Å². The Kier molecular flexibility index (Phi) is 3.86. The molecule has 1 unspecified atom stereocenters. The van der Waals surface area contributed by atoms with Gasteiger partial charge in [-0.15, -0.1) is 0 Å². The van der Waals surface area contributed by atoms with Crippen molar-refractivity contribution < 1.29 is 0 Å². The summed E-state index contributed by atoms with van der Waals surface area (Å²) in [5.41, 5.74) is 12.2. The van der Waals surface area contributed by atoms with Crippen LogP contribution < -0.4 is 10.6 Å². The molecule has 0 saturated heterocycles. The average molecular weight is 321 g/mol. The minimum atomic E-state index is 0.348. The summed E-state index contributed by atoms with van der Waals surface area (Å²) in [6.45, 7) is 2.83. The lowest BCUT2D eigenvalue weighted by Crippen LogP contribution is -2.34. The van der Waals surface area contributed by atoms with Crippen LogP contribution in [0.1, 0.15) is 35.6 Å². The summed E-state index contributed by atoms with van der Waals surface area (Å²) < 4.78 is 0. The normalized spacial score (nSPS) is 21.5. The number of rotatable bonds is 5. The van der Waals surface area contributed by atoms with Crippen molar-refractivity contribution >= 4 is 5.69 Å². The predicted molar refractivity (Wildman–Crippen MR) is 100 cm³/mol. The molecule has 1 saturated carbocycles. The zero-order valence-corrected chi connectivity index (χ0v) is 14.7. The van der Waals surface area contributed by atoms with Crippen LogP contribution in [0.25, 0.3) is 0 Å². The third kappa shape index (κ3) is 2.62. The van der Waals surface area contributed by atoms with Gasteiger partial charge in [-0.3, -0.25) is 4.90 Å². The van der Waals surface area contributed by atoms with E-state index in [-0.39, 0.29) is 0 Å². The van der Waals surface area contributed by atoms with Crippen molar-refractivity contribution in [2.24, 2.45) is 5.73 Å². The summed E-state index contributed by atoms with van der Waals surface area (Å²) in [5.74, 6) is 0. The van der Waals surface area contributed by atoms with Crippen LogP contribution in [0.3, 0.4) is 0 Å². The molecule has 2 aromatic carbocycles. The molecule has 1 fully saturated rings. The highest BCUT2D eigenvalue weighted by molar-refractivity contribution is 5.52. The second kappa shape index (κ2) is 5.91. The van der Waals surface area contributed by atoms with E-state index in [1.54, 1.807) is 0 Å². The maximum Gasteiger partial charge on any atom is 0.0478 e. The van der Waals surface area contributed by atoms with Crippen LogP contribution in [-0.4, -0.2) is 32.1 Å². The van der Waals surface area contributed by atoms with Gasteiger partial charge in [-0.1, -0.05) is 36.4 Å². The maximum atomic E-state index is 6.19. The second-order valence-corrected chi connectivity index (χ2v) is 7.58. The molecule has 2 N–H and O–H groups in total. The Bertz CT molecular complexity index is 719. The first-order valence-electron chi connectivity index (χ1n) is 8.93. The molecule has 0 bridgehead atoms. The van der Waals surface area contributed by atoms with Gasteiger partial charge in [0.05, 0.1) is 0 Å². The number of nitrogens with zero attached hydrogens (tertiary/aromatic N) is 2. The molecular weight excluding hydrogens is 294 g/mol. The fourth-order valence-corrected chi connectivity index (χ4v) is 4.15. The van der Waals surface area contributed by atoms with Crippen molar-refractivity contribution in [1.82, 2.24) is 4.90 Å². The van der Waals surface area contributed by atoms with Gasteiger partial charge in [0, 0.05) is 50.9 Å². The molecule has 1 heterocycles. The Morgan fingerprint density at radius 2 is 1.88 bits per heavy atom. The third-order valence-corrected chi connectivity index (χ3v) is 5.79. The van der Waals surface area contributed by atoms with E-state index in [4.69, 9.17) is 5.73 Å². The zero-order chi connectivity index (χ0) is 16.7. The van der Waals surface area contributed by atoms with Crippen molar-refractivity contribution in [2.45, 2.75) is 30.8 Å². The monoisotopic (exact) mass is 321 g/mol. The van der Waals surface area contributed by atoms with E-state index in [0.29, 0.717) is 18.0 Å². The fourth-order valence-electron chi connectivity index (χ4n) is 4.15. The van der Waals surface area contributed by atoms with Crippen LogP contribution in [0.15, 0.2) is 48.5 Å². The molecule has 0 amide bonds. The van der Waals surface area contributed by atoms with Crippen LogP contribution in [-0.2, 0) is 12.0 Å². The van der Waals surface area contributed by atoms with Crippen LogP contribution in [0, 0.1) is 0 Å². The van der Waals surface area contributed by atoms with Gasteiger partial charge in [0.25, 0.3) is 0 Å². The van der Waals surface area contributed by atoms with E-state index in [1.807, 2.05) is 0 Å². The Balaban J connectivity index is 1.59. The summed E-state index contributed by atoms with van der Waals surface area (Å²) in [4.78, 5) is 4.77. The zero-order valence-electron chi connectivity index (χ0n) is 14.7. The van der Waals surface area contributed by atoms with E-state index in [9.17, 15) is 0 Å². The molecule has 4 rings (SSSR count). The number of fused-ring (bicyclic) bond motifs is 1. The van der Waals surface area contributed by atoms with Crippen molar-refractivity contribution in [3.63, 3.8) is 0 Å². The van der Waals surface area contributed by atoms with Crippen molar-refractivity contribution in [3.05, 3.63) is 65.2 Å². The van der Waals surface area contributed by atoms with Gasteiger partial charge in [0.1, 0.15) is 0 Å². The van der Waals surface area contributed by atoms with Crippen molar-refractivity contribution in [3.8, 4) is 0 Å². The van der Waals surface area contributed by atoms with E-state index < -0.39 is 0 Å². The lowest BCUT2D eigenvalue weighted by atomic mass is 9.95. The Morgan fingerprint density at radius 1 is 1.12 bits per heavy atom. The Hall–Kier alpha value is -1.84. The molecule has 0 aromatic heterocycles. The highest BCUT2D eigenvalue weighted by Crippen LogP contribution is 2.50. The summed E-state index contributed by atoms with van der Waals surface area (Å²) in [7, 11) is 4.20. The van der Waals surface area contributed by atoms with Crippen LogP contribution in [0.4, 0.5) is 5.69 Å². The maximum absolute atomic E-state index is 6.19. The lowest BCUT2D eigenvalue weighted by molar-refractivity contribution is 0.199. The number of benzene rings is 2. The first-order chi connectivity index (χ1) is 11.6. The van der Waals surface area contributed by atoms with Crippen LogP contribution in [0.5, 0.6) is 0 Å². The Labute approximate surface area is 145 Å². The topological polar surface area (TPSA) is 32.5 Å². The number of hydrogen-bond acceptors (Lipinski definition) is 3. The van der Waals surface area contributed by atoms with Gasteiger partial charge < -0.3 is 10.6 Å². The summed E-state index contributed by atoms with van der Waals surface area (Å²) in [5, 5.41) is 0. The van der Waals surface area contributed by atoms with Gasteiger partial charge >= 0.3 is 0 Å². The first-order valence-corrected chi connectivity index (χ1v) is 8.93. The summed E-state index contributed by atoms with van der Waals surface area (Å²) in [6, 6.07) is 18.2. The highest BCUT2D eigenvalue weighted by atomic mass is 15.2. The molecule has 24 heavy (non-hydrogen) atoms. The minimum Gasteiger partial charge on any atom is -0.378 e. The number of nitrogens with two attached hydrogens (primary N) is 1. The second-order valence-electron chi connectivity index (χ2n) is 7.58. The largest absolute Gasteiger partial charge is 0.378 e. The summed E-state index contributed by atoms with van der Waals surface area (Å²) in [6.07, 6.45) is 2.59. The summed E-state index contributed by atoms with van der Waals surface area (Å²) >= 11 is 0. The van der Waals surface area contributed by atoms with E-state index >= 15 is 0 Å². The smallest absolute Gasteiger partial charge is 0.0478 e. The van der Waals surface area contributed by atoms with E-state index in [2.05, 4.69) is 72.4 Å². The molecule has 0 radical (unpaired) electrons. The third-order valence-electron chi connectivity index (χ3n) is 5.79. The van der Waals surface area contributed by atoms with E-state index in [1.165, 1.54) is 35.2 Å². The number of hydrogen-bond donors (Lipinski definition) is 1. The van der Waals surface area contributed by atoms with Gasteiger partial charge in [-0.25, -0.2) is 0 Å². The SMILES string of the molecule is CN(C)c1ccc2c(c1)C(CN)N(CC1(c3ccccc3)CC1)C2. The van der Waals surface area contributed by atoms with Gasteiger partial charge in [0.2, 0.25) is 0 Å². The molecule has 3 nitrogen and oxygen atoms in total. The molecule has 2 aliphatic rings. The molecule has 0 spiro atoms. The number of anilines is 1. The van der Waals surface area contributed by atoms with Crippen molar-refractivity contribution in [2.75, 3.05) is 32.1 Å².